The van der Waals surface area contributed by atoms with Gasteiger partial charge in [-0.15, -0.1) is 0 Å². The van der Waals surface area contributed by atoms with E-state index in [2.05, 4.69) is 4.90 Å². The van der Waals surface area contributed by atoms with Gasteiger partial charge in [-0.1, -0.05) is 59.1 Å². The summed E-state index contributed by atoms with van der Waals surface area (Å²) < 4.78 is 41.0. The van der Waals surface area contributed by atoms with Crippen LogP contribution in [0.3, 0.4) is 0 Å². The molecule has 1 unspecified atom stereocenters. The summed E-state index contributed by atoms with van der Waals surface area (Å²) in [4.78, 5) is 2.49. The van der Waals surface area contributed by atoms with Gasteiger partial charge in [-0.25, -0.2) is 12.7 Å². The van der Waals surface area contributed by atoms with Crippen LogP contribution in [0.5, 0.6) is 5.75 Å². The molecule has 0 radical (unpaired) electrons. The fraction of sp³-hybridized carbons (Fsp3) is 0.259. The second kappa shape index (κ2) is 10.4. The third kappa shape index (κ3) is 4.86. The van der Waals surface area contributed by atoms with Gasteiger partial charge in [0.15, 0.2) is 0 Å². The summed E-state index contributed by atoms with van der Waals surface area (Å²) in [5, 5.41) is 0.907. The lowest BCUT2D eigenvalue weighted by Crippen LogP contribution is -2.41. The zero-order valence-electron chi connectivity index (χ0n) is 19.7. The van der Waals surface area contributed by atoms with Crippen LogP contribution >= 0.6 is 23.2 Å². The van der Waals surface area contributed by atoms with Crippen LogP contribution in [0.4, 0.5) is 5.69 Å². The normalized spacial score (nSPS) is 19.5. The lowest BCUT2D eigenvalue weighted by atomic mass is 10.0. The summed E-state index contributed by atoms with van der Waals surface area (Å²) in [5.74, 6) is 0.476. The summed E-state index contributed by atoms with van der Waals surface area (Å²) in [5.41, 5.74) is 3.20. The number of rotatable bonds is 6. The molecule has 1 atom stereocenters. The van der Waals surface area contributed by atoms with Crippen molar-refractivity contribution in [3.8, 4) is 5.75 Å². The summed E-state index contributed by atoms with van der Waals surface area (Å²) in [7, 11) is -3.89. The monoisotopic (exact) mass is 544 g/mol. The molecule has 2 aliphatic heterocycles. The van der Waals surface area contributed by atoms with E-state index < -0.39 is 10.0 Å². The Kier molecular flexibility index (Phi) is 7.28. The zero-order valence-corrected chi connectivity index (χ0v) is 22.1. The fourth-order valence-electron chi connectivity index (χ4n) is 4.62. The highest BCUT2D eigenvalue weighted by Crippen LogP contribution is 2.48. The van der Waals surface area contributed by atoms with Gasteiger partial charge >= 0.3 is 0 Å². The number of sulfonamides is 1. The molecule has 0 aliphatic carbocycles. The molecule has 6 nitrogen and oxygen atoms in total. The molecule has 2 aliphatic rings. The van der Waals surface area contributed by atoms with Crippen molar-refractivity contribution >= 4 is 38.9 Å². The van der Waals surface area contributed by atoms with E-state index in [1.807, 2.05) is 49.4 Å². The van der Waals surface area contributed by atoms with Crippen LogP contribution < -0.4 is 9.04 Å². The second-order valence-electron chi connectivity index (χ2n) is 8.71. The van der Waals surface area contributed by atoms with Crippen molar-refractivity contribution in [3.63, 3.8) is 0 Å². The van der Waals surface area contributed by atoms with E-state index in [-0.39, 0.29) is 17.5 Å². The number of hydrogen-bond donors (Lipinski definition) is 0. The Labute approximate surface area is 221 Å². The molecule has 36 heavy (non-hydrogen) atoms. The number of hydrogen-bond acceptors (Lipinski definition) is 5. The predicted octanol–water partition coefficient (Wildman–Crippen LogP) is 5.85. The molecular formula is C27H26Cl2N2O4S. The molecule has 1 fully saturated rings. The highest BCUT2D eigenvalue weighted by Gasteiger charge is 2.43. The number of benzene rings is 3. The lowest BCUT2D eigenvalue weighted by Gasteiger charge is -2.34. The highest BCUT2D eigenvalue weighted by atomic mass is 35.5. The first-order valence-corrected chi connectivity index (χ1v) is 13.9. The van der Waals surface area contributed by atoms with Gasteiger partial charge in [0.1, 0.15) is 12.4 Å². The van der Waals surface area contributed by atoms with Crippen LogP contribution in [0.15, 0.2) is 83.4 Å². The smallest absolute Gasteiger partial charge is 0.268 e. The van der Waals surface area contributed by atoms with Crippen molar-refractivity contribution in [2.75, 3.05) is 37.2 Å². The number of nitrogens with zero attached hydrogens (tertiary/aromatic N) is 2. The molecule has 1 saturated heterocycles. The van der Waals surface area contributed by atoms with Crippen LogP contribution in [0.2, 0.25) is 10.0 Å². The minimum atomic E-state index is -3.89. The first kappa shape index (κ1) is 25.1. The maximum atomic E-state index is 14.0. The van der Waals surface area contributed by atoms with Gasteiger partial charge < -0.3 is 9.47 Å². The minimum absolute atomic E-state index is 0.130. The number of morpholine rings is 1. The van der Waals surface area contributed by atoms with Crippen molar-refractivity contribution in [1.29, 1.82) is 0 Å². The van der Waals surface area contributed by atoms with Crippen LogP contribution in [0.1, 0.15) is 17.2 Å². The number of fused-ring (bicyclic) bond motifs is 1. The lowest BCUT2D eigenvalue weighted by molar-refractivity contribution is 0.0241. The van der Waals surface area contributed by atoms with Crippen LogP contribution in [-0.4, -0.2) is 46.2 Å². The van der Waals surface area contributed by atoms with E-state index in [9.17, 15) is 8.42 Å². The third-order valence-electron chi connectivity index (χ3n) is 6.36. The first-order chi connectivity index (χ1) is 17.4. The molecule has 2 heterocycles. The van der Waals surface area contributed by atoms with E-state index in [1.165, 1.54) is 4.31 Å². The molecule has 9 heteroatoms. The number of halogens is 2. The van der Waals surface area contributed by atoms with Crippen molar-refractivity contribution in [3.05, 3.63) is 99.7 Å². The van der Waals surface area contributed by atoms with E-state index in [1.54, 1.807) is 30.3 Å². The quantitative estimate of drug-likeness (QED) is 0.389. The van der Waals surface area contributed by atoms with Gasteiger partial charge in [-0.3, -0.25) is 4.90 Å². The SMILES string of the molecule is Cc1ccc(S(=O)(=O)N2/C(=C/COc3ccc(Cl)cc3Cl)C(N3CCOCC3)c3ccccc32)cc1. The Bertz CT molecular complexity index is 1390. The van der Waals surface area contributed by atoms with E-state index in [0.29, 0.717) is 53.5 Å². The van der Waals surface area contributed by atoms with Gasteiger partial charge in [0.05, 0.1) is 40.6 Å². The van der Waals surface area contributed by atoms with E-state index >= 15 is 0 Å². The Morgan fingerprint density at radius 1 is 1.03 bits per heavy atom. The average Bonchev–Trinajstić information content (AvgIpc) is 3.21. The fourth-order valence-corrected chi connectivity index (χ4v) is 6.65. The highest BCUT2D eigenvalue weighted by molar-refractivity contribution is 7.93. The number of ether oxygens (including phenoxy) is 2. The topological polar surface area (TPSA) is 59.1 Å². The molecule has 0 aromatic heterocycles. The molecule has 5 rings (SSSR count). The van der Waals surface area contributed by atoms with Crippen molar-refractivity contribution < 1.29 is 17.9 Å². The number of para-hydroxylation sites is 1. The first-order valence-electron chi connectivity index (χ1n) is 11.7. The van der Waals surface area contributed by atoms with E-state index in [0.717, 1.165) is 11.1 Å². The van der Waals surface area contributed by atoms with Crippen LogP contribution in [0.25, 0.3) is 0 Å². The van der Waals surface area contributed by atoms with E-state index in [4.69, 9.17) is 32.7 Å². The second-order valence-corrected chi connectivity index (χ2v) is 11.3. The predicted molar refractivity (Wildman–Crippen MR) is 142 cm³/mol. The Morgan fingerprint density at radius 3 is 2.47 bits per heavy atom. The summed E-state index contributed by atoms with van der Waals surface area (Å²) in [6.07, 6.45) is 1.83. The minimum Gasteiger partial charge on any atom is -0.488 e. The molecule has 0 spiro atoms. The molecule has 188 valence electrons. The van der Waals surface area contributed by atoms with Crippen molar-refractivity contribution in [2.45, 2.75) is 17.9 Å². The average molecular weight is 545 g/mol. The number of aryl methyl sites for hydroxylation is 1. The van der Waals surface area contributed by atoms with Gasteiger partial charge in [0, 0.05) is 23.7 Å². The molecule has 0 amide bonds. The van der Waals surface area contributed by atoms with Crippen molar-refractivity contribution in [2.24, 2.45) is 0 Å². The van der Waals surface area contributed by atoms with Gasteiger partial charge in [0.2, 0.25) is 0 Å². The zero-order chi connectivity index (χ0) is 25.3. The molecule has 3 aromatic carbocycles. The Morgan fingerprint density at radius 2 is 1.75 bits per heavy atom. The number of anilines is 1. The van der Waals surface area contributed by atoms with Crippen LogP contribution in [0, 0.1) is 6.92 Å². The summed E-state index contributed by atoms with van der Waals surface area (Å²) >= 11 is 12.3. The van der Waals surface area contributed by atoms with Gasteiger partial charge in [0.25, 0.3) is 10.0 Å². The summed E-state index contributed by atoms with van der Waals surface area (Å²) in [6, 6.07) is 19.3. The van der Waals surface area contributed by atoms with Crippen LogP contribution in [-0.2, 0) is 14.8 Å². The molecule has 3 aromatic rings. The molecule has 0 saturated carbocycles. The molecular weight excluding hydrogens is 519 g/mol. The summed E-state index contributed by atoms with van der Waals surface area (Å²) in [6.45, 7) is 4.63. The Balaban J connectivity index is 1.58. The largest absolute Gasteiger partial charge is 0.488 e. The maximum absolute atomic E-state index is 14.0. The van der Waals surface area contributed by atoms with Gasteiger partial charge in [-0.05, 0) is 49.4 Å². The standard InChI is InChI=1S/C27H26Cl2N2O4S/c1-19-6-9-21(10-7-19)36(32,33)31-24-5-3-2-4-22(24)27(30-13-16-34-17-14-30)25(31)12-15-35-26-11-8-20(28)18-23(26)29/h2-12,18,27H,13-17H2,1H3/b25-12+. The third-order valence-corrected chi connectivity index (χ3v) is 8.65. The maximum Gasteiger partial charge on any atom is 0.268 e. The Hall–Kier alpha value is -2.55. The van der Waals surface area contributed by atoms with Gasteiger partial charge in [-0.2, -0.15) is 0 Å². The van der Waals surface area contributed by atoms with Crippen molar-refractivity contribution in [1.82, 2.24) is 4.90 Å². The molecule has 0 N–H and O–H groups in total. The molecule has 0 bridgehead atoms.